The molecule has 3 rings (SSSR count). The molecule has 1 N–H and O–H groups in total. The van der Waals surface area contributed by atoms with Crippen molar-refractivity contribution in [3.05, 3.63) is 30.0 Å². The summed E-state index contributed by atoms with van der Waals surface area (Å²) < 4.78 is 0. The van der Waals surface area contributed by atoms with Gasteiger partial charge in [0.15, 0.2) is 0 Å². The standard InChI is InChI=1S/C17H22ClN3/c1-12-7-9-17(11-18,10-8-12)21-16-13(2)19-14-5-3-4-6-15(14)20-16/h3-6,12H,7-11H2,1-2H3,(H,20,21). The van der Waals surface area contributed by atoms with E-state index in [0.717, 1.165) is 41.3 Å². The largest absolute Gasteiger partial charge is 0.362 e. The molecule has 1 aromatic carbocycles. The average Bonchev–Trinajstić information content (AvgIpc) is 2.50. The van der Waals surface area contributed by atoms with Crippen LogP contribution in [0.2, 0.25) is 0 Å². The molecule has 1 aromatic heterocycles. The van der Waals surface area contributed by atoms with E-state index in [4.69, 9.17) is 16.6 Å². The van der Waals surface area contributed by atoms with Gasteiger partial charge in [0.2, 0.25) is 0 Å². The lowest BCUT2D eigenvalue weighted by molar-refractivity contribution is 0.286. The first-order valence-corrected chi connectivity index (χ1v) is 8.23. The average molecular weight is 304 g/mol. The number of nitrogens with zero attached hydrogens (tertiary/aromatic N) is 2. The van der Waals surface area contributed by atoms with Crippen molar-refractivity contribution >= 4 is 28.5 Å². The Labute approximate surface area is 131 Å². The van der Waals surface area contributed by atoms with Crippen LogP contribution in [0.15, 0.2) is 24.3 Å². The van der Waals surface area contributed by atoms with Gasteiger partial charge in [-0.05, 0) is 50.7 Å². The second-order valence-corrected chi connectivity index (χ2v) is 6.64. The summed E-state index contributed by atoms with van der Waals surface area (Å²) >= 11 is 6.29. The van der Waals surface area contributed by atoms with Gasteiger partial charge in [-0.3, -0.25) is 0 Å². The van der Waals surface area contributed by atoms with Crippen molar-refractivity contribution in [1.29, 1.82) is 0 Å². The van der Waals surface area contributed by atoms with Gasteiger partial charge in [-0.1, -0.05) is 19.1 Å². The predicted molar refractivity (Wildman–Crippen MR) is 89.0 cm³/mol. The first-order chi connectivity index (χ1) is 10.1. The lowest BCUT2D eigenvalue weighted by Gasteiger charge is -2.39. The highest BCUT2D eigenvalue weighted by Crippen LogP contribution is 2.35. The Balaban J connectivity index is 1.91. The summed E-state index contributed by atoms with van der Waals surface area (Å²) in [4.78, 5) is 9.40. The van der Waals surface area contributed by atoms with Crippen LogP contribution < -0.4 is 5.32 Å². The summed E-state index contributed by atoms with van der Waals surface area (Å²) in [5.41, 5.74) is 2.78. The molecule has 0 unspecified atom stereocenters. The zero-order valence-corrected chi connectivity index (χ0v) is 13.5. The van der Waals surface area contributed by atoms with Gasteiger partial charge in [0.05, 0.1) is 22.3 Å². The van der Waals surface area contributed by atoms with E-state index >= 15 is 0 Å². The summed E-state index contributed by atoms with van der Waals surface area (Å²) in [5.74, 6) is 2.30. The maximum absolute atomic E-state index is 6.29. The molecule has 0 atom stereocenters. The molecule has 0 spiro atoms. The van der Waals surface area contributed by atoms with Crippen molar-refractivity contribution in [3.8, 4) is 0 Å². The molecule has 1 fully saturated rings. The van der Waals surface area contributed by atoms with Crippen molar-refractivity contribution in [2.75, 3.05) is 11.2 Å². The molecule has 0 radical (unpaired) electrons. The summed E-state index contributed by atoms with van der Waals surface area (Å²) in [6, 6.07) is 7.99. The third-order valence-electron chi connectivity index (χ3n) is 4.62. The van der Waals surface area contributed by atoms with E-state index in [1.807, 2.05) is 31.2 Å². The highest BCUT2D eigenvalue weighted by molar-refractivity contribution is 6.18. The van der Waals surface area contributed by atoms with E-state index in [1.54, 1.807) is 0 Å². The molecular formula is C17H22ClN3. The maximum atomic E-state index is 6.29. The van der Waals surface area contributed by atoms with Crippen molar-refractivity contribution < 1.29 is 0 Å². The SMILES string of the molecule is Cc1nc2ccccc2nc1NC1(CCl)CCC(C)CC1. The summed E-state index contributed by atoms with van der Waals surface area (Å²) in [6.07, 6.45) is 4.65. The lowest BCUT2D eigenvalue weighted by atomic mass is 9.78. The molecule has 0 amide bonds. The van der Waals surface area contributed by atoms with Crippen LogP contribution in [0.25, 0.3) is 11.0 Å². The Bertz CT molecular complexity index is 633. The fourth-order valence-electron chi connectivity index (χ4n) is 3.06. The Morgan fingerprint density at radius 1 is 1.19 bits per heavy atom. The van der Waals surface area contributed by atoms with E-state index in [2.05, 4.69) is 17.2 Å². The van der Waals surface area contributed by atoms with Crippen molar-refractivity contribution in [1.82, 2.24) is 9.97 Å². The topological polar surface area (TPSA) is 37.8 Å². The number of alkyl halides is 1. The first-order valence-electron chi connectivity index (χ1n) is 7.69. The molecule has 4 heteroatoms. The van der Waals surface area contributed by atoms with E-state index < -0.39 is 0 Å². The molecule has 1 heterocycles. The second kappa shape index (κ2) is 5.80. The van der Waals surface area contributed by atoms with Crippen LogP contribution in [-0.2, 0) is 0 Å². The van der Waals surface area contributed by atoms with Crippen molar-refractivity contribution in [2.45, 2.75) is 45.1 Å². The summed E-state index contributed by atoms with van der Waals surface area (Å²) in [6.45, 7) is 4.33. The molecular weight excluding hydrogens is 282 g/mol. The number of aryl methyl sites for hydroxylation is 1. The molecule has 112 valence electrons. The van der Waals surface area contributed by atoms with Gasteiger partial charge in [0.25, 0.3) is 0 Å². The van der Waals surface area contributed by atoms with E-state index in [-0.39, 0.29) is 5.54 Å². The lowest BCUT2D eigenvalue weighted by Crippen LogP contribution is -2.44. The van der Waals surface area contributed by atoms with Crippen LogP contribution in [0.1, 0.15) is 38.3 Å². The molecule has 1 aliphatic rings. The number of hydrogen-bond donors (Lipinski definition) is 1. The minimum atomic E-state index is -0.0318. The fraction of sp³-hybridized carbons (Fsp3) is 0.529. The van der Waals surface area contributed by atoms with E-state index in [1.165, 1.54) is 12.8 Å². The van der Waals surface area contributed by atoms with E-state index in [9.17, 15) is 0 Å². The van der Waals surface area contributed by atoms with Crippen LogP contribution in [0, 0.1) is 12.8 Å². The van der Waals surface area contributed by atoms with Gasteiger partial charge in [0, 0.05) is 5.88 Å². The molecule has 1 aliphatic carbocycles. The van der Waals surface area contributed by atoms with Crippen molar-refractivity contribution in [3.63, 3.8) is 0 Å². The fourth-order valence-corrected chi connectivity index (χ4v) is 3.40. The summed E-state index contributed by atoms with van der Waals surface area (Å²) in [7, 11) is 0. The van der Waals surface area contributed by atoms with Gasteiger partial charge in [0.1, 0.15) is 5.82 Å². The molecule has 0 bridgehead atoms. The Hall–Kier alpha value is -1.35. The third-order valence-corrected chi connectivity index (χ3v) is 5.13. The van der Waals surface area contributed by atoms with Gasteiger partial charge in [-0.25, -0.2) is 9.97 Å². The number of fused-ring (bicyclic) bond motifs is 1. The number of rotatable bonds is 3. The molecule has 0 aliphatic heterocycles. The summed E-state index contributed by atoms with van der Waals surface area (Å²) in [5, 5.41) is 3.62. The zero-order valence-electron chi connectivity index (χ0n) is 12.7. The quantitative estimate of drug-likeness (QED) is 0.846. The number of anilines is 1. The monoisotopic (exact) mass is 303 g/mol. The Morgan fingerprint density at radius 3 is 2.43 bits per heavy atom. The third kappa shape index (κ3) is 2.98. The van der Waals surface area contributed by atoms with Crippen LogP contribution in [-0.4, -0.2) is 21.4 Å². The normalized spacial score (nSPS) is 26.0. The minimum absolute atomic E-state index is 0.0318. The minimum Gasteiger partial charge on any atom is -0.362 e. The van der Waals surface area contributed by atoms with Gasteiger partial charge >= 0.3 is 0 Å². The molecule has 2 aromatic rings. The Kier molecular flexibility index (Phi) is 4.03. The van der Waals surface area contributed by atoms with E-state index in [0.29, 0.717) is 5.88 Å². The van der Waals surface area contributed by atoms with Gasteiger partial charge < -0.3 is 5.32 Å². The smallest absolute Gasteiger partial charge is 0.148 e. The molecule has 21 heavy (non-hydrogen) atoms. The predicted octanol–water partition coefficient (Wildman–Crippen LogP) is 4.54. The first kappa shape index (κ1) is 14.6. The van der Waals surface area contributed by atoms with Gasteiger partial charge in [-0.15, -0.1) is 11.6 Å². The molecule has 0 saturated heterocycles. The highest BCUT2D eigenvalue weighted by atomic mass is 35.5. The maximum Gasteiger partial charge on any atom is 0.148 e. The zero-order chi connectivity index (χ0) is 14.9. The number of benzene rings is 1. The van der Waals surface area contributed by atoms with Crippen molar-refractivity contribution in [2.24, 2.45) is 5.92 Å². The molecule has 1 saturated carbocycles. The number of nitrogens with one attached hydrogen (secondary N) is 1. The van der Waals surface area contributed by atoms with Crippen LogP contribution >= 0.6 is 11.6 Å². The number of hydrogen-bond acceptors (Lipinski definition) is 3. The van der Waals surface area contributed by atoms with Gasteiger partial charge in [-0.2, -0.15) is 0 Å². The Morgan fingerprint density at radius 2 is 1.81 bits per heavy atom. The highest BCUT2D eigenvalue weighted by Gasteiger charge is 2.34. The number of aromatic nitrogens is 2. The van der Waals surface area contributed by atoms with Crippen LogP contribution in [0.3, 0.4) is 0 Å². The molecule has 3 nitrogen and oxygen atoms in total. The number of para-hydroxylation sites is 2. The van der Waals surface area contributed by atoms with Crippen LogP contribution in [0.5, 0.6) is 0 Å². The second-order valence-electron chi connectivity index (χ2n) is 6.37. The number of halogens is 1. The van der Waals surface area contributed by atoms with Crippen LogP contribution in [0.4, 0.5) is 5.82 Å².